The molecule has 1 unspecified atom stereocenters. The SMILES string of the molecule is CC(C)c1nnnn1CC(=O)NC(CO)c1cc(F)c(F)c(F)c1. The van der Waals surface area contributed by atoms with Crippen LogP contribution in [0.15, 0.2) is 12.1 Å². The van der Waals surface area contributed by atoms with Crippen LogP contribution in [0.1, 0.15) is 37.2 Å². The van der Waals surface area contributed by atoms with E-state index in [0.29, 0.717) is 5.82 Å². The predicted octanol–water partition coefficient (Wildman–Crippen LogP) is 1.06. The minimum absolute atomic E-state index is 0.0123. The van der Waals surface area contributed by atoms with Gasteiger partial charge in [0.1, 0.15) is 6.54 Å². The minimum atomic E-state index is -1.61. The van der Waals surface area contributed by atoms with Crippen molar-refractivity contribution in [1.82, 2.24) is 25.5 Å². The van der Waals surface area contributed by atoms with Crippen LogP contribution in [0.3, 0.4) is 0 Å². The summed E-state index contributed by atoms with van der Waals surface area (Å²) in [5, 5.41) is 22.7. The first-order valence-corrected chi connectivity index (χ1v) is 7.14. The molecule has 130 valence electrons. The van der Waals surface area contributed by atoms with Crippen molar-refractivity contribution in [2.45, 2.75) is 32.4 Å². The summed E-state index contributed by atoms with van der Waals surface area (Å²) in [4.78, 5) is 12.1. The van der Waals surface area contributed by atoms with Crippen molar-refractivity contribution in [1.29, 1.82) is 0 Å². The number of halogens is 3. The Hall–Kier alpha value is -2.49. The molecule has 0 radical (unpaired) electrons. The molecule has 7 nitrogen and oxygen atoms in total. The van der Waals surface area contributed by atoms with E-state index < -0.39 is 36.0 Å². The third-order valence-electron chi connectivity index (χ3n) is 3.30. The zero-order valence-electron chi connectivity index (χ0n) is 13.0. The molecule has 24 heavy (non-hydrogen) atoms. The number of nitrogens with one attached hydrogen (secondary N) is 1. The Labute approximate surface area is 135 Å². The average Bonchev–Trinajstić information content (AvgIpc) is 2.98. The summed E-state index contributed by atoms with van der Waals surface area (Å²) in [6.07, 6.45) is 0. The third kappa shape index (κ3) is 3.88. The molecule has 0 aliphatic carbocycles. The second-order valence-electron chi connectivity index (χ2n) is 5.45. The Morgan fingerprint density at radius 3 is 2.46 bits per heavy atom. The molecule has 1 aromatic carbocycles. The van der Waals surface area contributed by atoms with Crippen LogP contribution in [-0.2, 0) is 11.3 Å². The number of aliphatic hydroxyl groups excluding tert-OH is 1. The number of rotatable bonds is 6. The van der Waals surface area contributed by atoms with Gasteiger partial charge in [-0.1, -0.05) is 13.8 Å². The van der Waals surface area contributed by atoms with Gasteiger partial charge in [-0.15, -0.1) is 5.10 Å². The van der Waals surface area contributed by atoms with Gasteiger partial charge in [0.05, 0.1) is 12.6 Å². The highest BCUT2D eigenvalue weighted by Gasteiger charge is 2.20. The number of hydrogen-bond acceptors (Lipinski definition) is 5. The molecule has 1 heterocycles. The quantitative estimate of drug-likeness (QED) is 0.765. The lowest BCUT2D eigenvalue weighted by Crippen LogP contribution is -2.34. The Bertz CT molecular complexity index is 712. The summed E-state index contributed by atoms with van der Waals surface area (Å²) in [5.74, 6) is -4.52. The summed E-state index contributed by atoms with van der Waals surface area (Å²) < 4.78 is 40.8. The van der Waals surface area contributed by atoms with Crippen LogP contribution in [-0.4, -0.2) is 37.8 Å². The lowest BCUT2D eigenvalue weighted by molar-refractivity contribution is -0.123. The fraction of sp³-hybridized carbons (Fsp3) is 0.429. The van der Waals surface area contributed by atoms with Crippen LogP contribution in [0.4, 0.5) is 13.2 Å². The normalized spacial score (nSPS) is 12.5. The number of aliphatic hydroxyl groups is 1. The largest absolute Gasteiger partial charge is 0.394 e. The van der Waals surface area contributed by atoms with Crippen LogP contribution in [0, 0.1) is 17.5 Å². The van der Waals surface area contributed by atoms with Crippen molar-refractivity contribution < 1.29 is 23.1 Å². The van der Waals surface area contributed by atoms with Crippen molar-refractivity contribution in [3.05, 3.63) is 41.0 Å². The number of hydrogen-bond donors (Lipinski definition) is 2. The van der Waals surface area contributed by atoms with E-state index in [2.05, 4.69) is 20.8 Å². The maximum atomic E-state index is 13.3. The van der Waals surface area contributed by atoms with E-state index >= 15 is 0 Å². The standard InChI is InChI=1S/C14H16F3N5O2/c1-7(2)14-19-20-21-22(14)5-12(24)18-11(6-23)8-3-9(15)13(17)10(16)4-8/h3-4,7,11,23H,5-6H2,1-2H3,(H,18,24). The number of amides is 1. The van der Waals surface area contributed by atoms with E-state index in [0.717, 1.165) is 12.1 Å². The van der Waals surface area contributed by atoms with Gasteiger partial charge in [-0.25, -0.2) is 17.9 Å². The van der Waals surface area contributed by atoms with E-state index in [4.69, 9.17) is 0 Å². The van der Waals surface area contributed by atoms with Gasteiger partial charge in [-0.3, -0.25) is 4.79 Å². The van der Waals surface area contributed by atoms with Gasteiger partial charge >= 0.3 is 0 Å². The minimum Gasteiger partial charge on any atom is -0.394 e. The maximum Gasteiger partial charge on any atom is 0.242 e. The highest BCUT2D eigenvalue weighted by Crippen LogP contribution is 2.19. The van der Waals surface area contributed by atoms with E-state index in [1.807, 2.05) is 13.8 Å². The summed E-state index contributed by atoms with van der Waals surface area (Å²) in [7, 11) is 0. The molecule has 2 N–H and O–H groups in total. The second kappa shape index (κ2) is 7.39. The van der Waals surface area contributed by atoms with Gasteiger partial charge in [0, 0.05) is 5.92 Å². The van der Waals surface area contributed by atoms with Crippen molar-refractivity contribution in [3.63, 3.8) is 0 Å². The van der Waals surface area contributed by atoms with Crippen LogP contribution in [0.25, 0.3) is 0 Å². The molecule has 0 saturated carbocycles. The molecule has 0 saturated heterocycles. The molecule has 0 aliphatic rings. The van der Waals surface area contributed by atoms with Gasteiger partial charge in [0.25, 0.3) is 0 Å². The molecule has 0 fully saturated rings. The highest BCUT2D eigenvalue weighted by atomic mass is 19.2. The maximum absolute atomic E-state index is 13.3. The molecule has 2 aromatic rings. The van der Waals surface area contributed by atoms with Crippen LogP contribution >= 0.6 is 0 Å². The van der Waals surface area contributed by atoms with Crippen molar-refractivity contribution in [3.8, 4) is 0 Å². The van der Waals surface area contributed by atoms with Gasteiger partial charge in [-0.05, 0) is 28.1 Å². The first kappa shape index (κ1) is 17.9. The Kier molecular flexibility index (Phi) is 5.50. The highest BCUT2D eigenvalue weighted by molar-refractivity contribution is 5.76. The summed E-state index contributed by atoms with van der Waals surface area (Å²) >= 11 is 0. The van der Waals surface area contributed by atoms with E-state index in [1.54, 1.807) is 0 Å². The first-order valence-electron chi connectivity index (χ1n) is 7.14. The number of carbonyl (C=O) groups is 1. The van der Waals surface area contributed by atoms with Crippen molar-refractivity contribution in [2.75, 3.05) is 6.61 Å². The molecule has 10 heteroatoms. The zero-order chi connectivity index (χ0) is 17.9. The molecule has 1 amide bonds. The van der Waals surface area contributed by atoms with Gasteiger partial charge in [0.15, 0.2) is 23.3 Å². The molecule has 1 aromatic heterocycles. The number of carbonyl (C=O) groups excluding carboxylic acids is 1. The van der Waals surface area contributed by atoms with E-state index in [-0.39, 0.29) is 18.0 Å². The molecule has 0 bridgehead atoms. The zero-order valence-corrected chi connectivity index (χ0v) is 13.0. The number of benzene rings is 1. The van der Waals surface area contributed by atoms with E-state index in [9.17, 15) is 23.1 Å². The smallest absolute Gasteiger partial charge is 0.242 e. The molecule has 0 aliphatic heterocycles. The molecular formula is C14H16F3N5O2. The van der Waals surface area contributed by atoms with Crippen LogP contribution in [0.2, 0.25) is 0 Å². The fourth-order valence-electron chi connectivity index (χ4n) is 2.12. The van der Waals surface area contributed by atoms with Gasteiger partial charge < -0.3 is 10.4 Å². The number of nitrogens with zero attached hydrogens (tertiary/aromatic N) is 4. The van der Waals surface area contributed by atoms with E-state index in [1.165, 1.54) is 4.68 Å². The van der Waals surface area contributed by atoms with Crippen molar-refractivity contribution in [2.24, 2.45) is 0 Å². The van der Waals surface area contributed by atoms with Gasteiger partial charge in [-0.2, -0.15) is 0 Å². The second-order valence-corrected chi connectivity index (χ2v) is 5.45. The Morgan fingerprint density at radius 1 is 1.29 bits per heavy atom. The monoisotopic (exact) mass is 343 g/mol. The Morgan fingerprint density at radius 2 is 1.92 bits per heavy atom. The lowest BCUT2D eigenvalue weighted by Gasteiger charge is -2.17. The molecule has 0 spiro atoms. The Balaban J connectivity index is 2.12. The summed E-state index contributed by atoms with van der Waals surface area (Å²) in [5.41, 5.74) is -0.0944. The molecule has 2 rings (SSSR count). The first-order chi connectivity index (χ1) is 11.3. The topological polar surface area (TPSA) is 92.9 Å². The average molecular weight is 343 g/mol. The number of aromatic nitrogens is 4. The molecular weight excluding hydrogens is 327 g/mol. The summed E-state index contributed by atoms with van der Waals surface area (Å²) in [6, 6.07) is 0.341. The summed E-state index contributed by atoms with van der Waals surface area (Å²) in [6.45, 7) is 2.84. The lowest BCUT2D eigenvalue weighted by atomic mass is 10.1. The number of tetrazole rings is 1. The fourth-order valence-corrected chi connectivity index (χ4v) is 2.12. The van der Waals surface area contributed by atoms with Crippen LogP contribution < -0.4 is 5.32 Å². The van der Waals surface area contributed by atoms with Gasteiger partial charge in [0.2, 0.25) is 5.91 Å². The third-order valence-corrected chi connectivity index (χ3v) is 3.30. The molecule has 1 atom stereocenters. The predicted molar refractivity (Wildman–Crippen MR) is 76.2 cm³/mol. The van der Waals surface area contributed by atoms with Crippen LogP contribution in [0.5, 0.6) is 0 Å². The van der Waals surface area contributed by atoms with Crippen molar-refractivity contribution >= 4 is 5.91 Å².